The van der Waals surface area contributed by atoms with Crippen molar-refractivity contribution in [2.24, 2.45) is 0 Å². The van der Waals surface area contributed by atoms with Crippen LogP contribution in [0.3, 0.4) is 0 Å². The molecule has 0 aliphatic carbocycles. The zero-order chi connectivity index (χ0) is 30.2. The number of aromatic nitrogens is 3. The summed E-state index contributed by atoms with van der Waals surface area (Å²) in [6, 6.07) is 25.9. The molecule has 0 spiro atoms. The summed E-state index contributed by atoms with van der Waals surface area (Å²) in [5.41, 5.74) is 3.99. The Labute approximate surface area is 258 Å². The number of thioether (sulfide) groups is 1. The van der Waals surface area contributed by atoms with Crippen molar-refractivity contribution >= 4 is 23.6 Å². The minimum Gasteiger partial charge on any atom is -0.497 e. The van der Waals surface area contributed by atoms with Gasteiger partial charge in [-0.25, -0.2) is 0 Å². The average molecular weight is 598 g/mol. The Hall–Kier alpha value is -4.11. The van der Waals surface area contributed by atoms with Gasteiger partial charge in [0.1, 0.15) is 11.6 Å². The Morgan fingerprint density at radius 1 is 0.930 bits per heavy atom. The lowest BCUT2D eigenvalue weighted by atomic mass is 10.1. The first-order valence-electron chi connectivity index (χ1n) is 14.8. The number of rotatable bonds is 11. The molecule has 0 radical (unpaired) electrons. The Morgan fingerprint density at radius 3 is 2.37 bits per heavy atom. The normalized spacial score (nSPS) is 15.0. The summed E-state index contributed by atoms with van der Waals surface area (Å²) in [6.07, 6.45) is 2.87. The lowest BCUT2D eigenvalue weighted by Crippen LogP contribution is -2.55. The molecule has 0 bridgehead atoms. The molecule has 1 saturated heterocycles. The quantitative estimate of drug-likeness (QED) is 0.160. The molecule has 1 unspecified atom stereocenters. The molecule has 2 amide bonds. The molecule has 9 heteroatoms. The van der Waals surface area contributed by atoms with Crippen molar-refractivity contribution in [1.29, 1.82) is 0 Å². The standard InChI is InChI=1S/C34H39N5O3S/c1-25-12-14-28(15-13-25)33(41)38-21-20-37(24-26(38)2)32(40)11-7-8-22-43-34-36-35-31(23-27-9-5-4-6-10-27)39(34)29-16-18-30(42-3)19-17-29/h4-6,9-10,12-19,26H,7-8,11,20-24H2,1-3H3. The van der Waals surface area contributed by atoms with Gasteiger partial charge >= 0.3 is 0 Å². The third kappa shape index (κ3) is 7.65. The van der Waals surface area contributed by atoms with Crippen LogP contribution < -0.4 is 4.74 Å². The molecule has 1 aromatic heterocycles. The third-order valence-corrected chi connectivity index (χ3v) is 8.81. The van der Waals surface area contributed by atoms with Crippen molar-refractivity contribution in [2.75, 3.05) is 32.5 Å². The molecule has 8 nitrogen and oxygen atoms in total. The van der Waals surface area contributed by atoms with E-state index in [1.807, 2.05) is 90.4 Å². The predicted molar refractivity (Wildman–Crippen MR) is 170 cm³/mol. The van der Waals surface area contributed by atoms with E-state index in [2.05, 4.69) is 26.9 Å². The topological polar surface area (TPSA) is 80.6 Å². The number of methoxy groups -OCH3 is 1. The number of nitrogens with zero attached hydrogens (tertiary/aromatic N) is 5. The van der Waals surface area contributed by atoms with E-state index in [4.69, 9.17) is 4.74 Å². The second kappa shape index (κ2) is 14.4. The van der Waals surface area contributed by atoms with E-state index in [0.717, 1.165) is 46.6 Å². The maximum Gasteiger partial charge on any atom is 0.254 e. The lowest BCUT2D eigenvalue weighted by Gasteiger charge is -2.40. The van der Waals surface area contributed by atoms with Gasteiger partial charge < -0.3 is 14.5 Å². The van der Waals surface area contributed by atoms with Crippen LogP contribution in [0.2, 0.25) is 0 Å². The predicted octanol–water partition coefficient (Wildman–Crippen LogP) is 5.81. The molecule has 43 heavy (non-hydrogen) atoms. The maximum absolute atomic E-state index is 13.0. The van der Waals surface area contributed by atoms with Crippen molar-refractivity contribution in [3.63, 3.8) is 0 Å². The Balaban J connectivity index is 1.12. The van der Waals surface area contributed by atoms with Gasteiger partial charge in [0.25, 0.3) is 5.91 Å². The minimum atomic E-state index is -0.0172. The van der Waals surface area contributed by atoms with Crippen molar-refractivity contribution in [3.8, 4) is 11.4 Å². The van der Waals surface area contributed by atoms with Crippen LogP contribution in [-0.4, -0.2) is 74.9 Å². The fourth-order valence-electron chi connectivity index (χ4n) is 5.33. The number of benzene rings is 3. The Morgan fingerprint density at radius 2 is 1.67 bits per heavy atom. The van der Waals surface area contributed by atoms with E-state index in [0.29, 0.717) is 38.0 Å². The molecule has 1 aliphatic heterocycles. The van der Waals surface area contributed by atoms with Gasteiger partial charge in [0, 0.05) is 55.5 Å². The highest BCUT2D eigenvalue weighted by atomic mass is 32.2. The number of piperazine rings is 1. The smallest absolute Gasteiger partial charge is 0.254 e. The van der Waals surface area contributed by atoms with Gasteiger partial charge in [0.2, 0.25) is 5.91 Å². The first kappa shape index (κ1) is 30.4. The molecule has 2 heterocycles. The van der Waals surface area contributed by atoms with Gasteiger partial charge in [-0.3, -0.25) is 14.2 Å². The van der Waals surface area contributed by atoms with E-state index in [9.17, 15) is 9.59 Å². The Bertz CT molecular complexity index is 1510. The van der Waals surface area contributed by atoms with Gasteiger partial charge in [-0.2, -0.15) is 0 Å². The first-order chi connectivity index (χ1) is 20.9. The van der Waals surface area contributed by atoms with E-state index in [1.54, 1.807) is 18.9 Å². The van der Waals surface area contributed by atoms with Gasteiger partial charge in [0.15, 0.2) is 5.16 Å². The summed E-state index contributed by atoms with van der Waals surface area (Å²) in [4.78, 5) is 29.8. The fourth-order valence-corrected chi connectivity index (χ4v) is 6.29. The lowest BCUT2D eigenvalue weighted by molar-refractivity contribution is -0.133. The molecule has 3 aromatic carbocycles. The molecule has 5 rings (SSSR count). The third-order valence-electron chi connectivity index (χ3n) is 7.79. The van der Waals surface area contributed by atoms with Gasteiger partial charge in [-0.1, -0.05) is 59.8 Å². The Kier molecular flexibility index (Phi) is 10.1. The average Bonchev–Trinajstić information content (AvgIpc) is 3.43. The monoisotopic (exact) mass is 597 g/mol. The van der Waals surface area contributed by atoms with E-state index in [-0.39, 0.29) is 17.9 Å². The molecule has 4 aromatic rings. The zero-order valence-corrected chi connectivity index (χ0v) is 25.9. The number of unbranched alkanes of at least 4 members (excludes halogenated alkanes) is 1. The molecular formula is C34H39N5O3S. The summed E-state index contributed by atoms with van der Waals surface area (Å²) in [7, 11) is 1.66. The van der Waals surface area contributed by atoms with Crippen LogP contribution in [0.5, 0.6) is 5.75 Å². The first-order valence-corrected chi connectivity index (χ1v) is 15.8. The number of amides is 2. The summed E-state index contributed by atoms with van der Waals surface area (Å²) in [5.74, 6) is 2.70. The summed E-state index contributed by atoms with van der Waals surface area (Å²) >= 11 is 1.66. The van der Waals surface area contributed by atoms with Crippen molar-refractivity contribution in [3.05, 3.63) is 101 Å². The molecule has 0 N–H and O–H groups in total. The van der Waals surface area contributed by atoms with Crippen LogP contribution in [0.25, 0.3) is 5.69 Å². The van der Waals surface area contributed by atoms with Crippen LogP contribution >= 0.6 is 11.8 Å². The van der Waals surface area contributed by atoms with Crippen LogP contribution in [0, 0.1) is 6.92 Å². The molecule has 1 atom stereocenters. The van der Waals surface area contributed by atoms with Gasteiger partial charge in [-0.15, -0.1) is 10.2 Å². The number of ether oxygens (including phenoxy) is 1. The summed E-state index contributed by atoms with van der Waals surface area (Å²) in [5, 5.41) is 9.91. The number of carbonyl (C=O) groups excluding carboxylic acids is 2. The molecule has 224 valence electrons. The van der Waals surface area contributed by atoms with Crippen LogP contribution in [-0.2, 0) is 11.2 Å². The molecule has 1 aliphatic rings. The number of hydrogen-bond acceptors (Lipinski definition) is 6. The fraction of sp³-hybridized carbons (Fsp3) is 0.353. The number of hydrogen-bond donors (Lipinski definition) is 0. The number of aryl methyl sites for hydroxylation is 1. The van der Waals surface area contributed by atoms with E-state index >= 15 is 0 Å². The highest BCUT2D eigenvalue weighted by molar-refractivity contribution is 7.99. The van der Waals surface area contributed by atoms with Crippen LogP contribution in [0.1, 0.15) is 53.5 Å². The van der Waals surface area contributed by atoms with Crippen molar-refractivity contribution in [1.82, 2.24) is 24.6 Å². The number of carbonyl (C=O) groups is 2. The van der Waals surface area contributed by atoms with Crippen molar-refractivity contribution < 1.29 is 14.3 Å². The second-order valence-corrected chi connectivity index (χ2v) is 12.0. The van der Waals surface area contributed by atoms with Crippen LogP contribution in [0.15, 0.2) is 84.0 Å². The largest absolute Gasteiger partial charge is 0.497 e. The second-order valence-electron chi connectivity index (χ2n) is 11.0. The SMILES string of the molecule is COc1ccc(-n2c(Cc3ccccc3)nnc2SCCCCC(=O)N2CCN(C(=O)c3ccc(C)cc3)C(C)C2)cc1. The highest BCUT2D eigenvalue weighted by Gasteiger charge is 2.30. The molecular weight excluding hydrogens is 558 g/mol. The van der Waals surface area contributed by atoms with Crippen LogP contribution in [0.4, 0.5) is 0 Å². The van der Waals surface area contributed by atoms with Gasteiger partial charge in [-0.05, 0) is 68.7 Å². The highest BCUT2D eigenvalue weighted by Crippen LogP contribution is 2.26. The maximum atomic E-state index is 13.0. The van der Waals surface area contributed by atoms with E-state index < -0.39 is 0 Å². The zero-order valence-electron chi connectivity index (χ0n) is 25.1. The minimum absolute atomic E-state index is 0.0172. The van der Waals surface area contributed by atoms with Crippen molar-refractivity contribution in [2.45, 2.75) is 50.7 Å². The summed E-state index contributed by atoms with van der Waals surface area (Å²) in [6.45, 7) is 5.73. The van der Waals surface area contributed by atoms with Gasteiger partial charge in [0.05, 0.1) is 7.11 Å². The summed E-state index contributed by atoms with van der Waals surface area (Å²) < 4.78 is 7.46. The molecule has 0 saturated carbocycles. The van der Waals surface area contributed by atoms with E-state index in [1.165, 1.54) is 5.56 Å². The molecule has 1 fully saturated rings.